The number of anilines is 1. The summed E-state index contributed by atoms with van der Waals surface area (Å²) in [7, 11) is 0. The van der Waals surface area contributed by atoms with Crippen LogP contribution in [0.25, 0.3) is 0 Å². The number of carbonyl (C=O) groups is 2. The number of cyclic esters (lactones) is 1. The Kier molecular flexibility index (Phi) is 4.90. The van der Waals surface area contributed by atoms with Gasteiger partial charge in [0.2, 0.25) is 0 Å². The van der Waals surface area contributed by atoms with E-state index in [1.54, 1.807) is 12.1 Å². The molecule has 0 aromatic heterocycles. The Balaban J connectivity index is 1.24. The second-order valence-corrected chi connectivity index (χ2v) is 9.17. The van der Waals surface area contributed by atoms with E-state index in [0.29, 0.717) is 23.6 Å². The molecule has 1 amide bonds. The molecule has 2 unspecified atom stereocenters. The molecule has 5 heteroatoms. The number of ether oxygens (including phenoxy) is 1. The maximum absolute atomic E-state index is 13.5. The van der Waals surface area contributed by atoms with E-state index in [1.165, 1.54) is 11.3 Å². The summed E-state index contributed by atoms with van der Waals surface area (Å²) in [5.41, 5.74) is 5.76. The Hall–Kier alpha value is -3.60. The van der Waals surface area contributed by atoms with Gasteiger partial charge in [-0.2, -0.15) is 0 Å². The van der Waals surface area contributed by atoms with Gasteiger partial charge in [0, 0.05) is 37.3 Å². The van der Waals surface area contributed by atoms with Crippen LogP contribution in [0.15, 0.2) is 72.8 Å². The molecule has 3 aliphatic heterocycles. The van der Waals surface area contributed by atoms with E-state index in [1.807, 2.05) is 41.3 Å². The fraction of sp³-hybridized carbons (Fsp3) is 0.286. The highest BCUT2D eigenvalue weighted by Crippen LogP contribution is 2.34. The average Bonchev–Trinajstić information content (AvgIpc) is 3.06. The fourth-order valence-electron chi connectivity index (χ4n) is 5.52. The lowest BCUT2D eigenvalue weighted by Gasteiger charge is -2.28. The van der Waals surface area contributed by atoms with Gasteiger partial charge in [-0.05, 0) is 53.8 Å². The monoisotopic (exact) mass is 438 g/mol. The molecule has 0 saturated carbocycles. The van der Waals surface area contributed by atoms with Crippen molar-refractivity contribution in [3.8, 4) is 0 Å². The van der Waals surface area contributed by atoms with Crippen LogP contribution in [0.2, 0.25) is 0 Å². The number of carbonyl (C=O) groups excluding carboxylic acids is 2. The number of nitrogens with zero attached hydrogens (tertiary/aromatic N) is 2. The van der Waals surface area contributed by atoms with Crippen LogP contribution >= 0.6 is 0 Å². The van der Waals surface area contributed by atoms with Crippen LogP contribution in [0.1, 0.15) is 49.9 Å². The quantitative estimate of drug-likeness (QED) is 0.556. The van der Waals surface area contributed by atoms with Crippen molar-refractivity contribution in [1.29, 1.82) is 0 Å². The van der Waals surface area contributed by atoms with Crippen LogP contribution in [-0.2, 0) is 17.6 Å². The summed E-state index contributed by atoms with van der Waals surface area (Å²) in [6, 6.07) is 24.1. The molecule has 0 aliphatic carbocycles. The first-order valence-electron chi connectivity index (χ1n) is 11.7. The fourth-order valence-corrected chi connectivity index (χ4v) is 5.52. The summed E-state index contributed by atoms with van der Waals surface area (Å²) in [4.78, 5) is 30.6. The molecule has 2 atom stereocenters. The number of fused-ring (bicyclic) bond motifs is 4. The number of hydrogen-bond acceptors (Lipinski definition) is 4. The van der Waals surface area contributed by atoms with Gasteiger partial charge >= 0.3 is 5.97 Å². The molecule has 0 radical (unpaired) electrons. The molecule has 166 valence electrons. The summed E-state index contributed by atoms with van der Waals surface area (Å²) >= 11 is 0. The largest absolute Gasteiger partial charge is 0.454 e. The normalized spacial score (nSPS) is 21.5. The molecule has 3 heterocycles. The van der Waals surface area contributed by atoms with Gasteiger partial charge in [0.15, 0.2) is 0 Å². The lowest BCUT2D eigenvalue weighted by molar-refractivity contribution is 0.0252. The summed E-state index contributed by atoms with van der Waals surface area (Å²) < 4.78 is 5.67. The lowest BCUT2D eigenvalue weighted by atomic mass is 9.93. The number of para-hydroxylation sites is 1. The first kappa shape index (κ1) is 20.0. The van der Waals surface area contributed by atoms with Gasteiger partial charge in [-0.15, -0.1) is 0 Å². The van der Waals surface area contributed by atoms with Gasteiger partial charge in [-0.3, -0.25) is 4.79 Å². The third-order valence-electron chi connectivity index (χ3n) is 7.14. The Labute approximate surface area is 193 Å². The second-order valence-electron chi connectivity index (χ2n) is 9.17. The maximum Gasteiger partial charge on any atom is 0.339 e. The molecule has 3 aliphatic rings. The Bertz CT molecular complexity index is 1220. The van der Waals surface area contributed by atoms with Crippen LogP contribution in [0.5, 0.6) is 0 Å². The number of benzene rings is 3. The van der Waals surface area contributed by atoms with Crippen molar-refractivity contribution in [2.24, 2.45) is 0 Å². The summed E-state index contributed by atoms with van der Waals surface area (Å²) in [6.07, 6.45) is 2.19. The molecule has 3 aromatic carbocycles. The van der Waals surface area contributed by atoms with E-state index in [2.05, 4.69) is 29.2 Å². The van der Waals surface area contributed by atoms with Gasteiger partial charge in [-0.1, -0.05) is 48.5 Å². The first-order chi connectivity index (χ1) is 16.2. The molecule has 5 nitrogen and oxygen atoms in total. The standard InChI is InChI=1S/C28H26N2O3/c31-27(29-13-6-14-30-23(18-29)16-20-9-4-5-10-25(20)30)21-11-12-24-22(15-21)17-26(33-28(24)32)19-7-2-1-3-8-19/h1-5,7-12,15,23,26H,6,13-14,16-18H2. The van der Waals surface area contributed by atoms with E-state index in [4.69, 9.17) is 4.74 Å². The van der Waals surface area contributed by atoms with Gasteiger partial charge in [0.25, 0.3) is 5.91 Å². The van der Waals surface area contributed by atoms with Gasteiger partial charge in [0.05, 0.1) is 11.6 Å². The van der Waals surface area contributed by atoms with Crippen LogP contribution in [0, 0.1) is 0 Å². The SMILES string of the molecule is O=C1OC(c2ccccc2)Cc2cc(C(=O)N3CCCN4c5ccccc5CC4C3)ccc21. The third-order valence-corrected chi connectivity index (χ3v) is 7.14. The highest BCUT2D eigenvalue weighted by molar-refractivity contribution is 5.98. The molecule has 1 fully saturated rings. The summed E-state index contributed by atoms with van der Waals surface area (Å²) in [5.74, 6) is -0.274. The van der Waals surface area contributed by atoms with Crippen molar-refractivity contribution >= 4 is 17.6 Å². The minimum absolute atomic E-state index is 0.0470. The van der Waals surface area contributed by atoms with Crippen LogP contribution in [0.3, 0.4) is 0 Å². The number of esters is 1. The summed E-state index contributed by atoms with van der Waals surface area (Å²) in [6.45, 7) is 2.44. The predicted octanol–water partition coefficient (Wildman–Crippen LogP) is 4.42. The second kappa shape index (κ2) is 8.07. The van der Waals surface area contributed by atoms with E-state index >= 15 is 0 Å². The zero-order valence-corrected chi connectivity index (χ0v) is 18.4. The molecule has 0 N–H and O–H groups in total. The minimum atomic E-state index is -0.321. The van der Waals surface area contributed by atoms with Crippen molar-refractivity contribution < 1.29 is 14.3 Å². The molecule has 33 heavy (non-hydrogen) atoms. The molecule has 0 spiro atoms. The number of amides is 1. The van der Waals surface area contributed by atoms with Crippen LogP contribution in [0.4, 0.5) is 5.69 Å². The molecule has 3 aromatic rings. The average molecular weight is 439 g/mol. The molecule has 6 rings (SSSR count). The predicted molar refractivity (Wildman–Crippen MR) is 127 cm³/mol. The zero-order chi connectivity index (χ0) is 22.4. The maximum atomic E-state index is 13.5. The molecule has 0 bridgehead atoms. The molecular weight excluding hydrogens is 412 g/mol. The Morgan fingerprint density at radius 1 is 0.879 bits per heavy atom. The minimum Gasteiger partial charge on any atom is -0.454 e. The summed E-state index contributed by atoms with van der Waals surface area (Å²) in [5, 5.41) is 0. The zero-order valence-electron chi connectivity index (χ0n) is 18.4. The van der Waals surface area contributed by atoms with Crippen LogP contribution in [-0.4, -0.2) is 42.5 Å². The number of rotatable bonds is 2. The lowest BCUT2D eigenvalue weighted by Crippen LogP contribution is -2.41. The Morgan fingerprint density at radius 3 is 2.58 bits per heavy atom. The van der Waals surface area contributed by atoms with Gasteiger partial charge < -0.3 is 14.5 Å². The molecule has 1 saturated heterocycles. The smallest absolute Gasteiger partial charge is 0.339 e. The molecular formula is C28H26N2O3. The number of hydrogen-bond donors (Lipinski definition) is 0. The Morgan fingerprint density at radius 2 is 1.70 bits per heavy atom. The first-order valence-corrected chi connectivity index (χ1v) is 11.7. The van der Waals surface area contributed by atoms with Crippen molar-refractivity contribution in [2.45, 2.75) is 31.4 Å². The van der Waals surface area contributed by atoms with Crippen molar-refractivity contribution in [3.63, 3.8) is 0 Å². The topological polar surface area (TPSA) is 49.9 Å². The van der Waals surface area contributed by atoms with Crippen molar-refractivity contribution in [3.05, 3.63) is 101 Å². The van der Waals surface area contributed by atoms with Gasteiger partial charge in [0.1, 0.15) is 6.10 Å². The van der Waals surface area contributed by atoms with Crippen molar-refractivity contribution in [1.82, 2.24) is 4.90 Å². The van der Waals surface area contributed by atoms with Crippen LogP contribution < -0.4 is 4.90 Å². The third kappa shape index (κ3) is 3.58. The van der Waals surface area contributed by atoms with E-state index in [9.17, 15) is 9.59 Å². The van der Waals surface area contributed by atoms with E-state index in [-0.39, 0.29) is 18.0 Å². The highest BCUT2D eigenvalue weighted by Gasteiger charge is 2.34. The van der Waals surface area contributed by atoms with E-state index < -0.39 is 0 Å². The van der Waals surface area contributed by atoms with Gasteiger partial charge in [-0.25, -0.2) is 4.79 Å². The highest BCUT2D eigenvalue weighted by atomic mass is 16.5. The van der Waals surface area contributed by atoms with E-state index in [0.717, 1.165) is 43.6 Å². The van der Waals surface area contributed by atoms with Crippen molar-refractivity contribution in [2.75, 3.05) is 24.5 Å².